The lowest BCUT2D eigenvalue weighted by Gasteiger charge is -2.12. The van der Waals surface area contributed by atoms with Gasteiger partial charge in [0.05, 0.1) is 7.11 Å². The molecule has 1 aromatic carbocycles. The van der Waals surface area contributed by atoms with E-state index in [1.807, 2.05) is 0 Å². The molecule has 6 heteroatoms. The Morgan fingerprint density at radius 2 is 1.93 bits per heavy atom. The van der Waals surface area contributed by atoms with E-state index in [4.69, 9.17) is 4.74 Å². The summed E-state index contributed by atoms with van der Waals surface area (Å²) in [5.41, 5.74) is -0.130. The molecule has 0 spiro atoms. The van der Waals surface area contributed by atoms with Crippen molar-refractivity contribution in [2.75, 3.05) is 7.11 Å². The molecular weight excluding hydrogens is 213 g/mol. The zero-order valence-electron chi connectivity index (χ0n) is 7.67. The Kier molecular flexibility index (Phi) is 2.13. The summed E-state index contributed by atoms with van der Waals surface area (Å²) in [6.45, 7) is 0. The van der Waals surface area contributed by atoms with Crippen molar-refractivity contribution < 1.29 is 27.7 Å². The number of methoxy groups -OCH3 is 1. The largest absolute Gasteiger partial charge is 0.497 e. The van der Waals surface area contributed by atoms with E-state index >= 15 is 0 Å². The molecule has 3 nitrogen and oxygen atoms in total. The summed E-state index contributed by atoms with van der Waals surface area (Å²) in [6, 6.07) is 5.46. The summed E-state index contributed by atoms with van der Waals surface area (Å²) >= 11 is 0. The Bertz CT molecular complexity index is 371. The average Bonchev–Trinajstić information content (AvgIpc) is 2.97. The predicted octanol–water partition coefficient (Wildman–Crippen LogP) is 2.37. The van der Waals surface area contributed by atoms with E-state index in [0.717, 1.165) is 0 Å². The lowest BCUT2D eigenvalue weighted by molar-refractivity contribution is -0.195. The molecule has 82 valence electrons. The van der Waals surface area contributed by atoms with Crippen molar-refractivity contribution in [3.8, 4) is 5.75 Å². The van der Waals surface area contributed by atoms with Crippen molar-refractivity contribution in [1.82, 2.24) is 0 Å². The fourth-order valence-corrected chi connectivity index (χ4v) is 1.22. The van der Waals surface area contributed by atoms with Crippen LogP contribution in [0.1, 0.15) is 5.56 Å². The van der Waals surface area contributed by atoms with E-state index in [1.165, 1.54) is 31.4 Å². The number of rotatable bonds is 2. The van der Waals surface area contributed by atoms with E-state index in [-0.39, 0.29) is 5.56 Å². The first-order valence-electron chi connectivity index (χ1n) is 4.08. The summed E-state index contributed by atoms with van der Waals surface area (Å²) in [7, 11) is 1.37. The van der Waals surface area contributed by atoms with E-state index in [1.54, 1.807) is 0 Å². The number of benzene rings is 1. The van der Waals surface area contributed by atoms with Gasteiger partial charge in [0, 0.05) is 5.56 Å². The van der Waals surface area contributed by atoms with Crippen LogP contribution in [-0.4, -0.2) is 13.3 Å². The zero-order chi connectivity index (χ0) is 11.1. The molecular formula is C9H7F3O3. The molecule has 0 saturated carbocycles. The van der Waals surface area contributed by atoms with Crippen LogP contribution in [0.25, 0.3) is 0 Å². The van der Waals surface area contributed by atoms with Gasteiger partial charge in [-0.05, 0) is 12.1 Å². The number of alkyl halides is 3. The van der Waals surface area contributed by atoms with Gasteiger partial charge in [-0.15, -0.1) is 0 Å². The number of ether oxygens (including phenoxy) is 1. The van der Waals surface area contributed by atoms with Crippen LogP contribution in [0.4, 0.5) is 13.2 Å². The van der Waals surface area contributed by atoms with Crippen LogP contribution >= 0.6 is 0 Å². The van der Waals surface area contributed by atoms with Crippen molar-refractivity contribution in [1.29, 1.82) is 0 Å². The first-order valence-corrected chi connectivity index (χ1v) is 4.08. The van der Waals surface area contributed by atoms with Crippen LogP contribution in [0.5, 0.6) is 5.75 Å². The van der Waals surface area contributed by atoms with Gasteiger partial charge in [-0.1, -0.05) is 12.1 Å². The number of halogens is 3. The van der Waals surface area contributed by atoms with Crippen LogP contribution < -0.4 is 4.74 Å². The number of hydrogen-bond donors (Lipinski definition) is 0. The molecule has 1 aromatic rings. The van der Waals surface area contributed by atoms with Gasteiger partial charge in [-0.25, -0.2) is 0 Å². The minimum atomic E-state index is -4.60. The summed E-state index contributed by atoms with van der Waals surface area (Å²) in [4.78, 5) is 8.13. The fourth-order valence-electron chi connectivity index (χ4n) is 1.22. The van der Waals surface area contributed by atoms with Crippen molar-refractivity contribution in [2.24, 2.45) is 0 Å². The molecule has 1 fully saturated rings. The second kappa shape index (κ2) is 3.11. The topological polar surface area (TPSA) is 34.3 Å². The van der Waals surface area contributed by atoms with Crippen LogP contribution in [0.2, 0.25) is 0 Å². The fraction of sp³-hybridized carbons (Fsp3) is 0.333. The van der Waals surface area contributed by atoms with Gasteiger partial charge in [0.25, 0.3) is 0 Å². The van der Waals surface area contributed by atoms with Gasteiger partial charge in [0.15, 0.2) is 0 Å². The van der Waals surface area contributed by atoms with Crippen molar-refractivity contribution in [2.45, 2.75) is 12.0 Å². The summed E-state index contributed by atoms with van der Waals surface area (Å²) in [5.74, 6) is -2.29. The van der Waals surface area contributed by atoms with Gasteiger partial charge in [-0.3, -0.25) is 0 Å². The summed E-state index contributed by atoms with van der Waals surface area (Å²) < 4.78 is 42.4. The van der Waals surface area contributed by atoms with E-state index in [9.17, 15) is 13.2 Å². The van der Waals surface area contributed by atoms with E-state index < -0.39 is 12.0 Å². The van der Waals surface area contributed by atoms with Crippen LogP contribution in [0, 0.1) is 0 Å². The molecule has 15 heavy (non-hydrogen) atoms. The molecule has 0 atom stereocenters. The van der Waals surface area contributed by atoms with Crippen molar-refractivity contribution in [3.05, 3.63) is 29.8 Å². The third kappa shape index (κ3) is 1.55. The lowest BCUT2D eigenvalue weighted by Crippen LogP contribution is -2.29. The van der Waals surface area contributed by atoms with E-state index in [0.29, 0.717) is 5.75 Å². The number of hydrogen-bond acceptors (Lipinski definition) is 3. The van der Waals surface area contributed by atoms with Crippen LogP contribution in [0.15, 0.2) is 24.3 Å². The second-order valence-electron chi connectivity index (χ2n) is 3.01. The van der Waals surface area contributed by atoms with Gasteiger partial charge < -0.3 is 4.74 Å². The Hall–Kier alpha value is -1.27. The second-order valence-corrected chi connectivity index (χ2v) is 3.01. The molecule has 0 unspecified atom stereocenters. The highest BCUT2D eigenvalue weighted by molar-refractivity contribution is 5.33. The SMILES string of the molecule is COc1cccc(C2(C(F)(F)F)OO2)c1. The quantitative estimate of drug-likeness (QED) is 0.566. The monoisotopic (exact) mass is 220 g/mol. The van der Waals surface area contributed by atoms with Crippen LogP contribution in [0.3, 0.4) is 0 Å². The van der Waals surface area contributed by atoms with Gasteiger partial charge in [0.1, 0.15) is 5.75 Å². The molecule has 0 aromatic heterocycles. The first-order chi connectivity index (χ1) is 6.99. The van der Waals surface area contributed by atoms with Crippen molar-refractivity contribution in [3.63, 3.8) is 0 Å². The van der Waals surface area contributed by atoms with Gasteiger partial charge in [0.2, 0.25) is 0 Å². The highest BCUT2D eigenvalue weighted by atomic mass is 19.4. The third-order valence-corrected chi connectivity index (χ3v) is 2.07. The maximum atomic E-state index is 12.5. The summed E-state index contributed by atoms with van der Waals surface area (Å²) in [6.07, 6.45) is -4.60. The Morgan fingerprint density at radius 1 is 1.27 bits per heavy atom. The Morgan fingerprint density at radius 3 is 2.40 bits per heavy atom. The molecule has 0 radical (unpaired) electrons. The minimum Gasteiger partial charge on any atom is -0.497 e. The lowest BCUT2D eigenvalue weighted by atomic mass is 10.1. The molecule has 0 amide bonds. The maximum Gasteiger partial charge on any atom is 0.453 e. The maximum absolute atomic E-state index is 12.5. The summed E-state index contributed by atoms with van der Waals surface area (Å²) in [5, 5.41) is 0. The van der Waals surface area contributed by atoms with E-state index in [2.05, 4.69) is 9.78 Å². The molecule has 2 rings (SSSR count). The molecule has 1 saturated heterocycles. The Balaban J connectivity index is 2.38. The smallest absolute Gasteiger partial charge is 0.453 e. The highest BCUT2D eigenvalue weighted by Crippen LogP contribution is 2.53. The molecule has 0 bridgehead atoms. The standard InChI is InChI=1S/C9H7F3O3/c1-13-7-4-2-3-6(5-7)8(14-15-8)9(10,11)12/h2-5H,1H3. The highest BCUT2D eigenvalue weighted by Gasteiger charge is 2.71. The predicted molar refractivity (Wildman–Crippen MR) is 42.9 cm³/mol. The average molecular weight is 220 g/mol. The van der Waals surface area contributed by atoms with Gasteiger partial charge >= 0.3 is 12.0 Å². The Labute approximate surface area is 83.3 Å². The van der Waals surface area contributed by atoms with Crippen molar-refractivity contribution >= 4 is 0 Å². The zero-order valence-corrected chi connectivity index (χ0v) is 7.67. The van der Waals surface area contributed by atoms with Gasteiger partial charge in [-0.2, -0.15) is 22.9 Å². The van der Waals surface area contributed by atoms with Crippen LogP contribution in [-0.2, 0) is 15.6 Å². The molecule has 1 aliphatic heterocycles. The molecule has 0 aliphatic carbocycles. The molecule has 1 heterocycles. The molecule has 1 aliphatic rings. The normalized spacial score (nSPS) is 18.7. The first kappa shape index (κ1) is 10.3. The third-order valence-electron chi connectivity index (χ3n) is 2.07. The minimum absolute atomic E-state index is 0.130. The molecule has 0 N–H and O–H groups in total.